The second-order valence-corrected chi connectivity index (χ2v) is 4.71. The van der Waals surface area contributed by atoms with Gasteiger partial charge in [-0.3, -0.25) is 9.69 Å². The predicted molar refractivity (Wildman–Crippen MR) is 60.6 cm³/mol. The molecule has 2 atom stereocenters. The van der Waals surface area contributed by atoms with E-state index in [2.05, 4.69) is 16.3 Å². The van der Waals surface area contributed by atoms with Crippen molar-refractivity contribution in [2.45, 2.75) is 38.1 Å². The van der Waals surface area contributed by atoms with Crippen LogP contribution in [0, 0.1) is 17.2 Å². The van der Waals surface area contributed by atoms with Gasteiger partial charge in [0.1, 0.15) is 0 Å². The third kappa shape index (κ3) is 2.35. The van der Waals surface area contributed by atoms with Crippen molar-refractivity contribution in [2.24, 2.45) is 5.92 Å². The highest BCUT2D eigenvalue weighted by Crippen LogP contribution is 2.27. The third-order valence-corrected chi connectivity index (χ3v) is 3.70. The number of hydrogen-bond donors (Lipinski definition) is 1. The van der Waals surface area contributed by atoms with Crippen molar-refractivity contribution in [3.63, 3.8) is 0 Å². The summed E-state index contributed by atoms with van der Waals surface area (Å²) in [5.74, 6) is 0.469. The van der Waals surface area contributed by atoms with Crippen LogP contribution in [0.15, 0.2) is 0 Å². The van der Waals surface area contributed by atoms with Gasteiger partial charge in [0.25, 0.3) is 0 Å². The Hall–Kier alpha value is -1.08. The Labute approximate surface area is 96.6 Å². The van der Waals surface area contributed by atoms with Crippen LogP contribution in [0.1, 0.15) is 32.1 Å². The molecule has 0 aromatic carbocycles. The first kappa shape index (κ1) is 11.4. The SMILES string of the molecule is N#CCCCCN1CCCC2C(=O)NCC21. The molecule has 0 saturated carbocycles. The third-order valence-electron chi connectivity index (χ3n) is 3.70. The zero-order valence-corrected chi connectivity index (χ0v) is 9.61. The molecule has 4 nitrogen and oxygen atoms in total. The molecule has 1 N–H and O–H groups in total. The first-order valence-electron chi connectivity index (χ1n) is 6.21. The Morgan fingerprint density at radius 3 is 3.19 bits per heavy atom. The summed E-state index contributed by atoms with van der Waals surface area (Å²) >= 11 is 0. The first-order chi connectivity index (χ1) is 7.83. The highest BCUT2D eigenvalue weighted by atomic mass is 16.2. The standard InChI is InChI=1S/C12H19N3O/c13-6-2-1-3-7-15-8-4-5-10-11(15)9-14-12(10)16/h10-11H,1-5,7-9H2,(H,14,16). The molecular formula is C12H19N3O. The molecule has 16 heavy (non-hydrogen) atoms. The van der Waals surface area contributed by atoms with Crippen molar-refractivity contribution >= 4 is 5.91 Å². The average molecular weight is 221 g/mol. The van der Waals surface area contributed by atoms with E-state index in [4.69, 9.17) is 5.26 Å². The molecule has 2 heterocycles. The van der Waals surface area contributed by atoms with Gasteiger partial charge in [-0.05, 0) is 38.8 Å². The maximum Gasteiger partial charge on any atom is 0.224 e. The van der Waals surface area contributed by atoms with Crippen LogP contribution in [-0.2, 0) is 4.79 Å². The minimum absolute atomic E-state index is 0.227. The van der Waals surface area contributed by atoms with Crippen LogP contribution in [-0.4, -0.2) is 36.5 Å². The zero-order chi connectivity index (χ0) is 11.4. The number of carbonyl (C=O) groups excluding carboxylic acids is 1. The summed E-state index contributed by atoms with van der Waals surface area (Å²) in [6.07, 6.45) is 4.88. The summed E-state index contributed by atoms with van der Waals surface area (Å²) in [6, 6.07) is 2.59. The number of piperidine rings is 1. The zero-order valence-electron chi connectivity index (χ0n) is 9.61. The van der Waals surface area contributed by atoms with Gasteiger partial charge in [0.15, 0.2) is 0 Å². The van der Waals surface area contributed by atoms with E-state index in [0.29, 0.717) is 12.5 Å². The number of rotatable bonds is 4. The van der Waals surface area contributed by atoms with Gasteiger partial charge >= 0.3 is 0 Å². The van der Waals surface area contributed by atoms with Crippen molar-refractivity contribution in [1.82, 2.24) is 10.2 Å². The largest absolute Gasteiger partial charge is 0.354 e. The van der Waals surface area contributed by atoms with E-state index in [0.717, 1.165) is 45.3 Å². The van der Waals surface area contributed by atoms with Gasteiger partial charge < -0.3 is 5.32 Å². The summed E-state index contributed by atoms with van der Waals surface area (Å²) in [4.78, 5) is 14.0. The molecule has 1 amide bonds. The highest BCUT2D eigenvalue weighted by Gasteiger charge is 2.40. The Kier molecular flexibility index (Phi) is 3.79. The highest BCUT2D eigenvalue weighted by molar-refractivity contribution is 5.82. The Bertz CT molecular complexity index is 297. The van der Waals surface area contributed by atoms with Gasteiger partial charge in [0.2, 0.25) is 5.91 Å². The fourth-order valence-electron chi connectivity index (χ4n) is 2.84. The van der Waals surface area contributed by atoms with Gasteiger partial charge in [-0.1, -0.05) is 0 Å². The van der Waals surface area contributed by atoms with Crippen molar-refractivity contribution in [1.29, 1.82) is 5.26 Å². The second-order valence-electron chi connectivity index (χ2n) is 4.71. The minimum Gasteiger partial charge on any atom is -0.354 e. The fourth-order valence-corrected chi connectivity index (χ4v) is 2.84. The monoisotopic (exact) mass is 221 g/mol. The summed E-state index contributed by atoms with van der Waals surface area (Å²) in [7, 11) is 0. The lowest BCUT2D eigenvalue weighted by molar-refractivity contribution is -0.124. The summed E-state index contributed by atoms with van der Waals surface area (Å²) in [5, 5.41) is 11.4. The predicted octanol–water partition coefficient (Wildman–Crippen LogP) is 0.891. The molecule has 2 aliphatic heterocycles. The minimum atomic E-state index is 0.227. The number of hydrogen-bond acceptors (Lipinski definition) is 3. The van der Waals surface area contributed by atoms with Crippen LogP contribution in [0.3, 0.4) is 0 Å². The van der Waals surface area contributed by atoms with E-state index < -0.39 is 0 Å². The number of likely N-dealkylation sites (tertiary alicyclic amines) is 1. The fraction of sp³-hybridized carbons (Fsp3) is 0.833. The maximum absolute atomic E-state index is 11.5. The van der Waals surface area contributed by atoms with Gasteiger partial charge in [0, 0.05) is 19.0 Å². The molecule has 2 fully saturated rings. The lowest BCUT2D eigenvalue weighted by Crippen LogP contribution is -2.45. The van der Waals surface area contributed by atoms with E-state index in [-0.39, 0.29) is 11.8 Å². The smallest absolute Gasteiger partial charge is 0.224 e. The molecule has 2 aliphatic rings. The van der Waals surface area contributed by atoms with Crippen LogP contribution in [0.25, 0.3) is 0 Å². The van der Waals surface area contributed by atoms with Crippen molar-refractivity contribution in [3.8, 4) is 6.07 Å². The Balaban J connectivity index is 1.81. The van der Waals surface area contributed by atoms with Crippen LogP contribution >= 0.6 is 0 Å². The summed E-state index contributed by atoms with van der Waals surface area (Å²) in [5.41, 5.74) is 0. The van der Waals surface area contributed by atoms with E-state index >= 15 is 0 Å². The van der Waals surface area contributed by atoms with E-state index in [1.54, 1.807) is 0 Å². The molecule has 2 saturated heterocycles. The van der Waals surface area contributed by atoms with E-state index in [9.17, 15) is 4.79 Å². The average Bonchev–Trinajstić information content (AvgIpc) is 2.68. The Morgan fingerprint density at radius 1 is 1.50 bits per heavy atom. The molecule has 2 rings (SSSR count). The number of fused-ring (bicyclic) bond motifs is 1. The van der Waals surface area contributed by atoms with Crippen molar-refractivity contribution < 1.29 is 4.79 Å². The van der Waals surface area contributed by atoms with E-state index in [1.165, 1.54) is 0 Å². The maximum atomic E-state index is 11.5. The number of unbranched alkanes of at least 4 members (excludes halogenated alkanes) is 2. The summed E-state index contributed by atoms with van der Waals surface area (Å²) < 4.78 is 0. The number of amides is 1. The quantitative estimate of drug-likeness (QED) is 0.717. The topological polar surface area (TPSA) is 56.1 Å². The number of nitrogens with one attached hydrogen (secondary N) is 1. The van der Waals surface area contributed by atoms with E-state index in [1.807, 2.05) is 0 Å². The van der Waals surface area contributed by atoms with Crippen LogP contribution < -0.4 is 5.32 Å². The lowest BCUT2D eigenvalue weighted by Gasteiger charge is -2.35. The van der Waals surface area contributed by atoms with Crippen LogP contribution in [0.4, 0.5) is 0 Å². The molecule has 0 aromatic heterocycles. The number of nitrogens with zero attached hydrogens (tertiary/aromatic N) is 2. The molecular weight excluding hydrogens is 202 g/mol. The molecule has 4 heteroatoms. The molecule has 0 bridgehead atoms. The summed E-state index contributed by atoms with van der Waals surface area (Å²) in [6.45, 7) is 2.97. The van der Waals surface area contributed by atoms with Crippen LogP contribution in [0.5, 0.6) is 0 Å². The molecule has 0 spiro atoms. The second kappa shape index (κ2) is 5.31. The number of nitriles is 1. The molecule has 2 unspecified atom stereocenters. The lowest BCUT2D eigenvalue weighted by atomic mass is 9.91. The first-order valence-corrected chi connectivity index (χ1v) is 6.21. The van der Waals surface area contributed by atoms with Crippen LogP contribution in [0.2, 0.25) is 0 Å². The van der Waals surface area contributed by atoms with Gasteiger partial charge in [-0.2, -0.15) is 5.26 Å². The normalized spacial score (nSPS) is 29.6. The Morgan fingerprint density at radius 2 is 2.38 bits per heavy atom. The molecule has 88 valence electrons. The van der Waals surface area contributed by atoms with Gasteiger partial charge in [0.05, 0.1) is 12.0 Å². The molecule has 0 aliphatic carbocycles. The van der Waals surface area contributed by atoms with Gasteiger partial charge in [-0.15, -0.1) is 0 Å². The molecule has 0 radical (unpaired) electrons. The van der Waals surface area contributed by atoms with Crippen molar-refractivity contribution in [2.75, 3.05) is 19.6 Å². The van der Waals surface area contributed by atoms with Crippen molar-refractivity contribution in [3.05, 3.63) is 0 Å². The molecule has 0 aromatic rings. The number of carbonyl (C=O) groups is 1. The van der Waals surface area contributed by atoms with Gasteiger partial charge in [-0.25, -0.2) is 0 Å².